The van der Waals surface area contributed by atoms with E-state index in [0.29, 0.717) is 15.6 Å². The molecule has 4 heteroatoms. The van der Waals surface area contributed by atoms with Crippen molar-refractivity contribution in [3.05, 3.63) is 75.8 Å². The van der Waals surface area contributed by atoms with E-state index in [1.165, 1.54) is 6.08 Å². The van der Waals surface area contributed by atoms with Crippen molar-refractivity contribution in [3.63, 3.8) is 0 Å². The van der Waals surface area contributed by atoms with Gasteiger partial charge in [0.2, 0.25) is 0 Å². The number of halogens is 3. The lowest BCUT2D eigenvalue weighted by atomic mass is 10.1. The summed E-state index contributed by atoms with van der Waals surface area (Å²) in [5.74, 6) is -0.0541. The van der Waals surface area contributed by atoms with Gasteiger partial charge in [0, 0.05) is 15.6 Å². The second-order valence-corrected chi connectivity index (χ2v) is 4.63. The molecule has 2 aromatic carbocycles. The van der Waals surface area contributed by atoms with E-state index in [9.17, 15) is 4.79 Å². The first-order valence-corrected chi connectivity index (χ1v) is 6.14. The zero-order valence-electron chi connectivity index (χ0n) is 9.85. The molecule has 98 valence electrons. The maximum Gasteiger partial charge on any atom is 0.185 e. The van der Waals surface area contributed by atoms with Gasteiger partial charge in [-0.05, 0) is 48.0 Å². The van der Waals surface area contributed by atoms with Crippen LogP contribution >= 0.6 is 40.2 Å². The molecule has 0 aliphatic rings. The standard InChI is InChI=1S/C15H10Cl2O.BrH/c16-13-6-1-11(2-7-13)3-10-15(18)12-4-8-14(17)9-5-12;/h1-10H;1H. The molecule has 0 saturated heterocycles. The van der Waals surface area contributed by atoms with Crippen LogP contribution in [0.2, 0.25) is 10.0 Å². The summed E-state index contributed by atoms with van der Waals surface area (Å²) in [4.78, 5) is 11.8. The molecule has 0 fully saturated rings. The minimum Gasteiger partial charge on any atom is -0.289 e. The van der Waals surface area contributed by atoms with Gasteiger partial charge in [0.05, 0.1) is 0 Å². The fourth-order valence-corrected chi connectivity index (χ4v) is 1.71. The van der Waals surface area contributed by atoms with Gasteiger partial charge in [-0.2, -0.15) is 0 Å². The maximum absolute atomic E-state index is 11.8. The molecule has 0 bridgehead atoms. The Kier molecular flexibility index (Phi) is 6.29. The lowest BCUT2D eigenvalue weighted by Crippen LogP contribution is -1.92. The van der Waals surface area contributed by atoms with Crippen LogP contribution in [0.5, 0.6) is 0 Å². The van der Waals surface area contributed by atoms with Crippen LogP contribution in [0.25, 0.3) is 6.08 Å². The highest BCUT2D eigenvalue weighted by Gasteiger charge is 2.00. The molecule has 19 heavy (non-hydrogen) atoms. The molecule has 0 amide bonds. The lowest BCUT2D eigenvalue weighted by Gasteiger charge is -1.96. The number of carbonyl (C=O) groups excluding carboxylic acids is 1. The van der Waals surface area contributed by atoms with E-state index in [1.54, 1.807) is 42.5 Å². The largest absolute Gasteiger partial charge is 0.289 e. The molecule has 1 nitrogen and oxygen atoms in total. The van der Waals surface area contributed by atoms with Gasteiger partial charge >= 0.3 is 0 Å². The second kappa shape index (κ2) is 7.49. The van der Waals surface area contributed by atoms with Gasteiger partial charge in [0.1, 0.15) is 0 Å². The third-order valence-corrected chi connectivity index (χ3v) is 2.93. The van der Waals surface area contributed by atoms with Crippen molar-refractivity contribution in [1.82, 2.24) is 0 Å². The van der Waals surface area contributed by atoms with E-state index in [-0.39, 0.29) is 22.8 Å². The molecule has 0 spiro atoms. The molecular formula is C15H11BrCl2O. The highest BCUT2D eigenvalue weighted by molar-refractivity contribution is 8.93. The quantitative estimate of drug-likeness (QED) is 0.526. The SMILES string of the molecule is Br.O=C(C=Cc1ccc(Cl)cc1)c1ccc(Cl)cc1. The molecular weight excluding hydrogens is 347 g/mol. The topological polar surface area (TPSA) is 17.1 Å². The summed E-state index contributed by atoms with van der Waals surface area (Å²) in [5.41, 5.74) is 1.55. The monoisotopic (exact) mass is 356 g/mol. The number of allylic oxidation sites excluding steroid dienone is 1. The summed E-state index contributed by atoms with van der Waals surface area (Å²) in [7, 11) is 0. The number of hydrogen-bond donors (Lipinski definition) is 0. The number of carbonyl (C=O) groups is 1. The van der Waals surface area contributed by atoms with E-state index in [0.717, 1.165) is 5.56 Å². The summed E-state index contributed by atoms with van der Waals surface area (Å²) < 4.78 is 0. The fourth-order valence-electron chi connectivity index (χ4n) is 1.46. The molecule has 2 aromatic rings. The van der Waals surface area contributed by atoms with E-state index in [1.807, 2.05) is 12.1 Å². The Labute approximate surface area is 132 Å². The average molecular weight is 358 g/mol. The first-order valence-electron chi connectivity index (χ1n) is 5.39. The fraction of sp³-hybridized carbons (Fsp3) is 0. The summed E-state index contributed by atoms with van der Waals surface area (Å²) in [5, 5.41) is 1.30. The van der Waals surface area contributed by atoms with Crippen molar-refractivity contribution >= 4 is 52.0 Å². The minimum atomic E-state index is -0.0541. The first kappa shape index (κ1) is 16.0. The van der Waals surface area contributed by atoms with Gasteiger partial charge in [-0.3, -0.25) is 4.79 Å². The van der Waals surface area contributed by atoms with Gasteiger partial charge in [0.15, 0.2) is 5.78 Å². The molecule has 0 saturated carbocycles. The Hall–Kier alpha value is -1.09. The van der Waals surface area contributed by atoms with Crippen molar-refractivity contribution in [3.8, 4) is 0 Å². The van der Waals surface area contributed by atoms with Crippen LogP contribution < -0.4 is 0 Å². The minimum absolute atomic E-state index is 0. The third-order valence-electron chi connectivity index (χ3n) is 2.43. The molecule has 0 atom stereocenters. The zero-order chi connectivity index (χ0) is 13.0. The van der Waals surface area contributed by atoms with Crippen LogP contribution in [-0.2, 0) is 0 Å². The van der Waals surface area contributed by atoms with Crippen molar-refractivity contribution < 1.29 is 4.79 Å². The van der Waals surface area contributed by atoms with Crippen LogP contribution in [0.15, 0.2) is 54.6 Å². The van der Waals surface area contributed by atoms with Crippen molar-refractivity contribution in [1.29, 1.82) is 0 Å². The summed E-state index contributed by atoms with van der Waals surface area (Å²) >= 11 is 11.5. The predicted octanol–water partition coefficient (Wildman–Crippen LogP) is 5.47. The van der Waals surface area contributed by atoms with E-state index in [4.69, 9.17) is 23.2 Å². The molecule has 0 radical (unpaired) electrons. The van der Waals surface area contributed by atoms with E-state index < -0.39 is 0 Å². The Bertz CT molecular complexity index is 574. The van der Waals surface area contributed by atoms with Crippen LogP contribution in [-0.4, -0.2) is 5.78 Å². The Morgan fingerprint density at radius 2 is 1.32 bits per heavy atom. The zero-order valence-corrected chi connectivity index (χ0v) is 13.1. The van der Waals surface area contributed by atoms with E-state index in [2.05, 4.69) is 0 Å². The van der Waals surface area contributed by atoms with Crippen LogP contribution in [0.4, 0.5) is 0 Å². The smallest absolute Gasteiger partial charge is 0.185 e. The lowest BCUT2D eigenvalue weighted by molar-refractivity contribution is 0.104. The average Bonchev–Trinajstić information content (AvgIpc) is 2.38. The highest BCUT2D eigenvalue weighted by Crippen LogP contribution is 2.13. The van der Waals surface area contributed by atoms with Gasteiger partial charge in [-0.15, -0.1) is 17.0 Å². The third kappa shape index (κ3) is 4.83. The second-order valence-electron chi connectivity index (χ2n) is 3.76. The normalized spacial score (nSPS) is 10.2. The molecule has 0 unspecified atom stereocenters. The Balaban J connectivity index is 0.00000180. The molecule has 0 N–H and O–H groups in total. The molecule has 0 aliphatic carbocycles. The molecule has 0 heterocycles. The van der Waals surface area contributed by atoms with Crippen molar-refractivity contribution in [2.75, 3.05) is 0 Å². The summed E-state index contributed by atoms with van der Waals surface area (Å²) in [6.45, 7) is 0. The van der Waals surface area contributed by atoms with E-state index >= 15 is 0 Å². The maximum atomic E-state index is 11.8. The summed E-state index contributed by atoms with van der Waals surface area (Å²) in [6, 6.07) is 14.1. The first-order chi connectivity index (χ1) is 8.65. The van der Waals surface area contributed by atoms with Gasteiger partial charge < -0.3 is 0 Å². The van der Waals surface area contributed by atoms with Crippen LogP contribution in [0.3, 0.4) is 0 Å². The number of benzene rings is 2. The van der Waals surface area contributed by atoms with Gasteiger partial charge in [-0.1, -0.05) is 41.4 Å². The van der Waals surface area contributed by atoms with Crippen molar-refractivity contribution in [2.24, 2.45) is 0 Å². The highest BCUT2D eigenvalue weighted by atomic mass is 79.9. The molecule has 0 aromatic heterocycles. The molecule has 2 rings (SSSR count). The van der Waals surface area contributed by atoms with Crippen LogP contribution in [0, 0.1) is 0 Å². The Morgan fingerprint density at radius 1 is 0.842 bits per heavy atom. The van der Waals surface area contributed by atoms with Crippen molar-refractivity contribution in [2.45, 2.75) is 0 Å². The Morgan fingerprint density at radius 3 is 1.84 bits per heavy atom. The molecule has 0 aliphatic heterocycles. The van der Waals surface area contributed by atoms with Gasteiger partial charge in [0.25, 0.3) is 0 Å². The number of rotatable bonds is 3. The number of ketones is 1. The summed E-state index contributed by atoms with van der Waals surface area (Å²) in [6.07, 6.45) is 3.29. The number of hydrogen-bond acceptors (Lipinski definition) is 1. The predicted molar refractivity (Wildman–Crippen MR) is 86.6 cm³/mol. The van der Waals surface area contributed by atoms with Gasteiger partial charge in [-0.25, -0.2) is 0 Å². The van der Waals surface area contributed by atoms with Crippen LogP contribution in [0.1, 0.15) is 15.9 Å².